The number of nitrogens with one attached hydrogen (secondary N) is 2. The molecule has 0 aliphatic heterocycles. The largest absolute Gasteiger partial charge is 0.347 e. The van der Waals surface area contributed by atoms with Crippen molar-refractivity contribution < 1.29 is 22.8 Å². The van der Waals surface area contributed by atoms with Crippen LogP contribution in [0.5, 0.6) is 0 Å². The minimum Gasteiger partial charge on any atom is -0.347 e. The quantitative estimate of drug-likeness (QED) is 0.835. The van der Waals surface area contributed by atoms with Crippen LogP contribution in [0.25, 0.3) is 0 Å². The summed E-state index contributed by atoms with van der Waals surface area (Å²) in [6.07, 6.45) is 1.61. The third kappa shape index (κ3) is 3.81. The van der Waals surface area contributed by atoms with Crippen molar-refractivity contribution in [3.8, 4) is 0 Å². The highest BCUT2D eigenvalue weighted by molar-refractivity contribution is 6.39. The monoisotopic (exact) mass is 348 g/mol. The van der Waals surface area contributed by atoms with Gasteiger partial charge in [-0.05, 0) is 42.7 Å². The zero-order valence-corrected chi connectivity index (χ0v) is 13.1. The van der Waals surface area contributed by atoms with Gasteiger partial charge in [-0.15, -0.1) is 0 Å². The summed E-state index contributed by atoms with van der Waals surface area (Å²) in [5.41, 5.74) is 0.166. The third-order valence-corrected chi connectivity index (χ3v) is 4.28. The van der Waals surface area contributed by atoms with Crippen LogP contribution in [0.4, 0.5) is 18.9 Å². The van der Waals surface area contributed by atoms with Crippen LogP contribution in [-0.2, 0) is 15.0 Å². The smallest absolute Gasteiger partial charge is 0.313 e. The third-order valence-electron chi connectivity index (χ3n) is 4.28. The topological polar surface area (TPSA) is 58.2 Å². The molecule has 0 unspecified atom stereocenters. The molecule has 1 fully saturated rings. The molecule has 130 valence electrons. The van der Waals surface area contributed by atoms with E-state index in [2.05, 4.69) is 5.32 Å². The fraction of sp³-hybridized carbons (Fsp3) is 0.222. The molecule has 2 aromatic rings. The Labute approximate surface area is 142 Å². The Bertz CT molecular complexity index is 818. The van der Waals surface area contributed by atoms with E-state index in [0.29, 0.717) is 0 Å². The summed E-state index contributed by atoms with van der Waals surface area (Å²) in [4.78, 5) is 23.7. The fourth-order valence-corrected chi connectivity index (χ4v) is 2.62. The van der Waals surface area contributed by atoms with Crippen molar-refractivity contribution >= 4 is 17.5 Å². The highest BCUT2D eigenvalue weighted by Gasteiger charge is 2.44. The number of anilines is 1. The van der Waals surface area contributed by atoms with E-state index >= 15 is 0 Å². The van der Waals surface area contributed by atoms with E-state index in [1.165, 1.54) is 12.1 Å². The Morgan fingerprint density at radius 2 is 1.56 bits per heavy atom. The molecule has 2 aromatic carbocycles. The van der Waals surface area contributed by atoms with E-state index in [4.69, 9.17) is 0 Å². The predicted molar refractivity (Wildman–Crippen MR) is 85.3 cm³/mol. The summed E-state index contributed by atoms with van der Waals surface area (Å²) < 4.78 is 39.6. The first-order chi connectivity index (χ1) is 11.9. The van der Waals surface area contributed by atoms with Crippen molar-refractivity contribution in [2.75, 3.05) is 11.9 Å². The molecule has 2 N–H and O–H groups in total. The Morgan fingerprint density at radius 1 is 0.920 bits per heavy atom. The van der Waals surface area contributed by atoms with Gasteiger partial charge in [0.05, 0.1) is 5.69 Å². The SMILES string of the molecule is O=C(NCC1(c2ccc(F)cc2)CC1)C(=O)Nc1cc(F)ccc1F. The second-order valence-corrected chi connectivity index (χ2v) is 6.05. The Kier molecular flexibility index (Phi) is 4.48. The molecule has 2 amide bonds. The van der Waals surface area contributed by atoms with Crippen molar-refractivity contribution in [1.29, 1.82) is 0 Å². The van der Waals surface area contributed by atoms with E-state index in [9.17, 15) is 22.8 Å². The average Bonchev–Trinajstić information content (AvgIpc) is 3.37. The van der Waals surface area contributed by atoms with Gasteiger partial charge in [-0.25, -0.2) is 13.2 Å². The summed E-state index contributed by atoms with van der Waals surface area (Å²) in [6.45, 7) is 0.205. The number of rotatable bonds is 4. The summed E-state index contributed by atoms with van der Waals surface area (Å²) in [7, 11) is 0. The van der Waals surface area contributed by atoms with Gasteiger partial charge in [-0.1, -0.05) is 12.1 Å². The maximum absolute atomic E-state index is 13.5. The first-order valence-corrected chi connectivity index (χ1v) is 7.70. The fourth-order valence-electron chi connectivity index (χ4n) is 2.62. The molecule has 0 atom stereocenters. The molecule has 0 heterocycles. The number of amides is 2. The van der Waals surface area contributed by atoms with Crippen LogP contribution in [0, 0.1) is 17.5 Å². The second-order valence-electron chi connectivity index (χ2n) is 6.05. The molecule has 3 rings (SSSR count). The number of carbonyl (C=O) groups excluding carboxylic acids is 2. The molecule has 0 bridgehead atoms. The number of hydrogen-bond donors (Lipinski definition) is 2. The molecule has 1 aliphatic rings. The van der Waals surface area contributed by atoms with E-state index in [-0.39, 0.29) is 17.8 Å². The standard InChI is InChI=1S/C18H15F3N2O2/c19-12-3-1-11(2-4-12)18(7-8-18)10-22-16(24)17(25)23-15-9-13(20)5-6-14(15)21/h1-6,9H,7-8,10H2,(H,22,24)(H,23,25). The molecular weight excluding hydrogens is 333 g/mol. The van der Waals surface area contributed by atoms with Gasteiger partial charge in [0.2, 0.25) is 0 Å². The number of halogens is 3. The van der Waals surface area contributed by atoms with Crippen molar-refractivity contribution in [3.05, 3.63) is 65.5 Å². The Hall–Kier alpha value is -2.83. The first-order valence-electron chi connectivity index (χ1n) is 7.70. The van der Waals surface area contributed by atoms with Crippen molar-refractivity contribution in [2.24, 2.45) is 0 Å². The number of carbonyl (C=O) groups is 2. The average molecular weight is 348 g/mol. The van der Waals surface area contributed by atoms with Crippen molar-refractivity contribution in [1.82, 2.24) is 5.32 Å². The summed E-state index contributed by atoms with van der Waals surface area (Å²) >= 11 is 0. The summed E-state index contributed by atoms with van der Waals surface area (Å²) in [6, 6.07) is 8.54. The van der Waals surface area contributed by atoms with Gasteiger partial charge in [0.15, 0.2) is 0 Å². The van der Waals surface area contributed by atoms with Crippen molar-refractivity contribution in [3.63, 3.8) is 0 Å². The van der Waals surface area contributed by atoms with Crippen molar-refractivity contribution in [2.45, 2.75) is 18.3 Å². The van der Waals surface area contributed by atoms with Gasteiger partial charge < -0.3 is 10.6 Å². The van der Waals surface area contributed by atoms with Gasteiger partial charge in [-0.2, -0.15) is 0 Å². The maximum Gasteiger partial charge on any atom is 0.313 e. The first kappa shape index (κ1) is 17.0. The van der Waals surface area contributed by atoms with Crippen LogP contribution in [0.3, 0.4) is 0 Å². The molecule has 0 saturated heterocycles. The normalized spacial score (nSPS) is 14.7. The lowest BCUT2D eigenvalue weighted by molar-refractivity contribution is -0.136. The second kappa shape index (κ2) is 6.58. The molecular formula is C18H15F3N2O2. The van der Waals surface area contributed by atoms with E-state index in [0.717, 1.165) is 36.6 Å². The molecule has 1 saturated carbocycles. The number of benzene rings is 2. The van der Waals surface area contributed by atoms with E-state index < -0.39 is 29.1 Å². The highest BCUT2D eigenvalue weighted by atomic mass is 19.1. The Morgan fingerprint density at radius 3 is 2.20 bits per heavy atom. The Balaban J connectivity index is 1.60. The molecule has 1 aliphatic carbocycles. The van der Waals surface area contributed by atoms with Gasteiger partial charge in [-0.3, -0.25) is 9.59 Å². The lowest BCUT2D eigenvalue weighted by Crippen LogP contribution is -2.39. The van der Waals surface area contributed by atoms with Crippen LogP contribution >= 0.6 is 0 Å². The zero-order valence-electron chi connectivity index (χ0n) is 13.1. The maximum atomic E-state index is 13.5. The lowest BCUT2D eigenvalue weighted by atomic mass is 9.96. The molecule has 25 heavy (non-hydrogen) atoms. The van der Waals surface area contributed by atoms with E-state index in [1.54, 1.807) is 12.1 Å². The summed E-state index contributed by atoms with van der Waals surface area (Å²) in [5, 5.41) is 4.53. The van der Waals surface area contributed by atoms with E-state index in [1.807, 2.05) is 5.32 Å². The molecule has 0 radical (unpaired) electrons. The van der Waals surface area contributed by atoms with Gasteiger partial charge >= 0.3 is 11.8 Å². The van der Waals surface area contributed by atoms with Crippen LogP contribution in [0.2, 0.25) is 0 Å². The van der Waals surface area contributed by atoms with Crippen LogP contribution in [0.1, 0.15) is 18.4 Å². The van der Waals surface area contributed by atoms with Crippen LogP contribution in [-0.4, -0.2) is 18.4 Å². The van der Waals surface area contributed by atoms with Crippen LogP contribution in [0.15, 0.2) is 42.5 Å². The van der Waals surface area contributed by atoms with Crippen LogP contribution < -0.4 is 10.6 Å². The molecule has 4 nitrogen and oxygen atoms in total. The number of hydrogen-bond acceptors (Lipinski definition) is 2. The minimum atomic E-state index is -1.08. The summed E-state index contributed by atoms with van der Waals surface area (Å²) in [5.74, 6) is -3.95. The highest BCUT2D eigenvalue weighted by Crippen LogP contribution is 2.47. The minimum absolute atomic E-state index is 0.205. The molecule has 7 heteroatoms. The molecule has 0 aromatic heterocycles. The molecule has 0 spiro atoms. The zero-order chi connectivity index (χ0) is 18.0. The predicted octanol–water partition coefficient (Wildman–Crippen LogP) is 2.89. The lowest BCUT2D eigenvalue weighted by Gasteiger charge is -2.16. The van der Waals surface area contributed by atoms with Gasteiger partial charge in [0, 0.05) is 18.0 Å². The van der Waals surface area contributed by atoms with Gasteiger partial charge in [0.1, 0.15) is 17.5 Å². The van der Waals surface area contributed by atoms with Gasteiger partial charge in [0.25, 0.3) is 0 Å².